The lowest BCUT2D eigenvalue weighted by Crippen LogP contribution is -2.52. The van der Waals surface area contributed by atoms with Crippen molar-refractivity contribution in [2.24, 2.45) is 10.9 Å². The number of carbonyl (C=O) groups is 1. The number of guanidine groups is 1. The standard InChI is InChI=1S/C23H43N5O2/c1-2-24-23(25-12-7-19-30-21-10-4-3-5-11-21)26-13-14-27-15-17-28(18-16-27)22(29)20-8-6-9-20/h20-21H,2-19H2,1H3,(H2,24,25,26). The summed E-state index contributed by atoms with van der Waals surface area (Å²) in [5, 5.41) is 6.79. The molecular formula is C23H43N5O2. The van der Waals surface area contributed by atoms with Crippen LogP contribution in [-0.4, -0.2) is 86.7 Å². The predicted molar refractivity (Wildman–Crippen MR) is 122 cm³/mol. The fourth-order valence-electron chi connectivity index (χ4n) is 4.52. The maximum atomic E-state index is 12.4. The number of carbonyl (C=O) groups excluding carboxylic acids is 1. The zero-order valence-electron chi connectivity index (χ0n) is 19.0. The average molecular weight is 422 g/mol. The van der Waals surface area contributed by atoms with Gasteiger partial charge in [-0.3, -0.25) is 14.7 Å². The van der Waals surface area contributed by atoms with E-state index in [1.54, 1.807) is 0 Å². The first-order valence-corrected chi connectivity index (χ1v) is 12.4. The first kappa shape index (κ1) is 23.3. The van der Waals surface area contributed by atoms with Gasteiger partial charge in [-0.1, -0.05) is 25.7 Å². The normalized spacial score (nSPS) is 22.0. The van der Waals surface area contributed by atoms with Crippen molar-refractivity contribution in [1.29, 1.82) is 0 Å². The minimum Gasteiger partial charge on any atom is -0.378 e. The summed E-state index contributed by atoms with van der Waals surface area (Å²) in [4.78, 5) is 21.6. The molecule has 0 atom stereocenters. The second kappa shape index (κ2) is 13.2. The molecule has 0 aromatic heterocycles. The van der Waals surface area contributed by atoms with E-state index in [1.807, 2.05) is 0 Å². The van der Waals surface area contributed by atoms with Crippen LogP contribution in [0.3, 0.4) is 0 Å². The van der Waals surface area contributed by atoms with Crippen molar-refractivity contribution in [2.45, 2.75) is 70.8 Å². The first-order valence-electron chi connectivity index (χ1n) is 12.4. The Balaban J connectivity index is 1.26. The Kier molecular flexibility index (Phi) is 10.2. The number of hydrogen-bond acceptors (Lipinski definition) is 4. The molecule has 0 unspecified atom stereocenters. The minimum atomic E-state index is 0.324. The molecule has 1 saturated heterocycles. The number of nitrogens with one attached hydrogen (secondary N) is 2. The first-order chi connectivity index (χ1) is 14.8. The van der Waals surface area contributed by atoms with Crippen LogP contribution >= 0.6 is 0 Å². The highest BCUT2D eigenvalue weighted by atomic mass is 16.5. The van der Waals surface area contributed by atoms with Gasteiger partial charge < -0.3 is 20.3 Å². The Hall–Kier alpha value is -1.34. The summed E-state index contributed by atoms with van der Waals surface area (Å²) < 4.78 is 5.99. The molecule has 1 heterocycles. The summed E-state index contributed by atoms with van der Waals surface area (Å²) in [6.07, 6.45) is 11.4. The molecule has 1 amide bonds. The molecule has 0 aromatic rings. The molecule has 3 aliphatic rings. The van der Waals surface area contributed by atoms with Crippen molar-refractivity contribution in [3.05, 3.63) is 0 Å². The molecule has 2 N–H and O–H groups in total. The molecule has 7 heteroatoms. The largest absolute Gasteiger partial charge is 0.378 e. The summed E-state index contributed by atoms with van der Waals surface area (Å²) in [6, 6.07) is 0. The van der Waals surface area contributed by atoms with Crippen molar-refractivity contribution < 1.29 is 9.53 Å². The number of rotatable bonds is 10. The Morgan fingerprint density at radius 1 is 1.00 bits per heavy atom. The van der Waals surface area contributed by atoms with Crippen LogP contribution < -0.4 is 10.6 Å². The van der Waals surface area contributed by atoms with E-state index in [0.29, 0.717) is 17.9 Å². The second-order valence-corrected chi connectivity index (χ2v) is 8.97. The van der Waals surface area contributed by atoms with Gasteiger partial charge >= 0.3 is 0 Å². The van der Waals surface area contributed by atoms with Crippen LogP contribution in [0.25, 0.3) is 0 Å². The summed E-state index contributed by atoms with van der Waals surface area (Å²) in [6.45, 7) is 10.2. The fraction of sp³-hybridized carbons (Fsp3) is 0.913. The van der Waals surface area contributed by atoms with Crippen LogP contribution in [0.1, 0.15) is 64.7 Å². The molecule has 172 valence electrons. The second-order valence-electron chi connectivity index (χ2n) is 8.97. The van der Waals surface area contributed by atoms with Gasteiger partial charge in [0.25, 0.3) is 0 Å². The Morgan fingerprint density at radius 2 is 1.77 bits per heavy atom. The molecule has 0 bridgehead atoms. The van der Waals surface area contributed by atoms with Gasteiger partial charge in [-0.25, -0.2) is 0 Å². The third-order valence-corrected chi connectivity index (χ3v) is 6.68. The summed E-state index contributed by atoms with van der Waals surface area (Å²) in [5.41, 5.74) is 0. The number of piperazine rings is 1. The van der Waals surface area contributed by atoms with Gasteiger partial charge in [0.1, 0.15) is 0 Å². The SMILES string of the molecule is CCNC(=NCCCOC1CCCCC1)NCCN1CCN(C(=O)C2CCC2)CC1. The summed E-state index contributed by atoms with van der Waals surface area (Å²) in [7, 11) is 0. The molecule has 30 heavy (non-hydrogen) atoms. The van der Waals surface area contributed by atoms with Crippen LogP contribution in [0.2, 0.25) is 0 Å². The third-order valence-electron chi connectivity index (χ3n) is 6.68. The predicted octanol–water partition coefficient (Wildman–Crippen LogP) is 2.23. The zero-order chi connectivity index (χ0) is 21.0. The highest BCUT2D eigenvalue weighted by Gasteiger charge is 2.30. The van der Waals surface area contributed by atoms with Crippen molar-refractivity contribution in [1.82, 2.24) is 20.4 Å². The number of aliphatic imine (C=N–C) groups is 1. The third kappa shape index (κ3) is 7.73. The molecule has 2 aliphatic carbocycles. The van der Waals surface area contributed by atoms with E-state index in [4.69, 9.17) is 9.73 Å². The van der Waals surface area contributed by atoms with E-state index in [1.165, 1.54) is 38.5 Å². The molecule has 3 rings (SSSR count). The number of hydrogen-bond donors (Lipinski definition) is 2. The quantitative estimate of drug-likeness (QED) is 0.322. The molecule has 0 aromatic carbocycles. The van der Waals surface area contributed by atoms with Gasteiger partial charge in [0.15, 0.2) is 5.96 Å². The Labute approximate surface area is 183 Å². The van der Waals surface area contributed by atoms with Gasteiger partial charge in [0, 0.05) is 64.9 Å². The van der Waals surface area contributed by atoms with Gasteiger partial charge in [0.05, 0.1) is 6.10 Å². The fourth-order valence-corrected chi connectivity index (χ4v) is 4.52. The maximum Gasteiger partial charge on any atom is 0.225 e. The van der Waals surface area contributed by atoms with Crippen LogP contribution in [-0.2, 0) is 9.53 Å². The molecule has 0 spiro atoms. The van der Waals surface area contributed by atoms with Crippen molar-refractivity contribution in [3.8, 4) is 0 Å². The van der Waals surface area contributed by atoms with Crippen LogP contribution in [0, 0.1) is 5.92 Å². The van der Waals surface area contributed by atoms with Crippen molar-refractivity contribution in [3.63, 3.8) is 0 Å². The van der Waals surface area contributed by atoms with E-state index >= 15 is 0 Å². The highest BCUT2D eigenvalue weighted by molar-refractivity contribution is 5.80. The lowest BCUT2D eigenvalue weighted by atomic mass is 9.84. The van der Waals surface area contributed by atoms with Crippen molar-refractivity contribution in [2.75, 3.05) is 59.0 Å². The Bertz CT molecular complexity index is 524. The summed E-state index contributed by atoms with van der Waals surface area (Å²) >= 11 is 0. The number of amides is 1. The topological polar surface area (TPSA) is 69.2 Å². The lowest BCUT2D eigenvalue weighted by molar-refractivity contribution is -0.139. The molecule has 2 saturated carbocycles. The van der Waals surface area contributed by atoms with Gasteiger partial charge in [-0.2, -0.15) is 0 Å². The van der Waals surface area contributed by atoms with E-state index in [0.717, 1.165) is 84.2 Å². The molecular weight excluding hydrogens is 378 g/mol. The van der Waals surface area contributed by atoms with Gasteiger partial charge in [0.2, 0.25) is 5.91 Å². The van der Waals surface area contributed by atoms with Crippen molar-refractivity contribution >= 4 is 11.9 Å². The van der Waals surface area contributed by atoms with Crippen LogP contribution in [0.5, 0.6) is 0 Å². The lowest BCUT2D eigenvalue weighted by Gasteiger charge is -2.38. The highest BCUT2D eigenvalue weighted by Crippen LogP contribution is 2.28. The monoisotopic (exact) mass is 421 g/mol. The number of ether oxygens (including phenoxy) is 1. The summed E-state index contributed by atoms with van der Waals surface area (Å²) in [5.74, 6) is 1.62. The molecule has 0 radical (unpaired) electrons. The van der Waals surface area contributed by atoms with Gasteiger partial charge in [-0.15, -0.1) is 0 Å². The molecule has 1 aliphatic heterocycles. The average Bonchev–Trinajstić information content (AvgIpc) is 2.73. The minimum absolute atomic E-state index is 0.324. The van der Waals surface area contributed by atoms with Crippen LogP contribution in [0.4, 0.5) is 0 Å². The number of nitrogens with zero attached hydrogens (tertiary/aromatic N) is 3. The molecule has 7 nitrogen and oxygen atoms in total. The Morgan fingerprint density at radius 3 is 2.43 bits per heavy atom. The van der Waals surface area contributed by atoms with Crippen LogP contribution in [0.15, 0.2) is 4.99 Å². The smallest absolute Gasteiger partial charge is 0.225 e. The maximum absolute atomic E-state index is 12.4. The van der Waals surface area contributed by atoms with E-state index in [-0.39, 0.29) is 0 Å². The van der Waals surface area contributed by atoms with E-state index in [2.05, 4.69) is 27.4 Å². The van der Waals surface area contributed by atoms with Gasteiger partial charge in [-0.05, 0) is 39.0 Å². The van der Waals surface area contributed by atoms with E-state index in [9.17, 15) is 4.79 Å². The zero-order valence-corrected chi connectivity index (χ0v) is 19.0. The molecule has 3 fully saturated rings. The van der Waals surface area contributed by atoms with E-state index < -0.39 is 0 Å².